The molecule has 0 spiro atoms. The molecule has 13 heteroatoms. The van der Waals surface area contributed by atoms with Gasteiger partial charge < -0.3 is 11.1 Å². The number of anilines is 2. The van der Waals surface area contributed by atoms with E-state index in [9.17, 15) is 4.79 Å². The van der Waals surface area contributed by atoms with Gasteiger partial charge in [-0.05, 0) is 35.9 Å². The van der Waals surface area contributed by atoms with Gasteiger partial charge in [-0.15, -0.1) is 10.2 Å². The van der Waals surface area contributed by atoms with E-state index in [1.54, 1.807) is 22.5 Å². The number of hydrogen-bond acceptors (Lipinski definition) is 10. The van der Waals surface area contributed by atoms with Crippen LogP contribution in [0.1, 0.15) is 18.8 Å². The highest BCUT2D eigenvalue weighted by Gasteiger charge is 2.23. The van der Waals surface area contributed by atoms with Gasteiger partial charge in [-0.25, -0.2) is 15.0 Å². The van der Waals surface area contributed by atoms with E-state index in [2.05, 4.69) is 35.8 Å². The number of tetrazole rings is 1. The second kappa shape index (κ2) is 9.45. The van der Waals surface area contributed by atoms with Crippen molar-refractivity contribution in [1.82, 2.24) is 49.5 Å². The van der Waals surface area contributed by atoms with Crippen LogP contribution in [0.3, 0.4) is 0 Å². The quantitative estimate of drug-likeness (QED) is 0.334. The van der Waals surface area contributed by atoms with E-state index in [4.69, 9.17) is 10.7 Å². The molecule has 0 saturated carbocycles. The molecule has 0 aliphatic heterocycles. The minimum Gasteiger partial charge on any atom is -0.383 e. The van der Waals surface area contributed by atoms with Crippen LogP contribution >= 0.6 is 0 Å². The molecule has 0 unspecified atom stereocenters. The lowest BCUT2D eigenvalue weighted by Gasteiger charge is -2.21. The van der Waals surface area contributed by atoms with E-state index in [1.807, 2.05) is 68.7 Å². The van der Waals surface area contributed by atoms with Gasteiger partial charge >= 0.3 is 0 Å². The predicted octanol–water partition coefficient (Wildman–Crippen LogP) is 2.52. The maximum Gasteiger partial charge on any atom is 0.266 e. The maximum atomic E-state index is 14.2. The highest BCUT2D eigenvalue weighted by atomic mass is 16.1. The topological polar surface area (TPSA) is 160 Å². The molecule has 0 radical (unpaired) electrons. The highest BCUT2D eigenvalue weighted by Crippen LogP contribution is 2.31. The first kappa shape index (κ1) is 23.9. The van der Waals surface area contributed by atoms with Gasteiger partial charge in [-0.2, -0.15) is 9.90 Å². The number of nitrogens with two attached hydrogens (primary N) is 1. The van der Waals surface area contributed by atoms with Gasteiger partial charge in [0.05, 0.1) is 35.9 Å². The number of nitrogens with zero attached hydrogens (tertiary/aromatic N) is 10. The van der Waals surface area contributed by atoms with Crippen LogP contribution in [0.15, 0.2) is 72.0 Å². The molecule has 3 N–H and O–H groups in total. The highest BCUT2D eigenvalue weighted by molar-refractivity contribution is 5.94. The van der Waals surface area contributed by atoms with E-state index >= 15 is 0 Å². The maximum absolute atomic E-state index is 14.2. The molecule has 39 heavy (non-hydrogen) atoms. The average Bonchev–Trinajstić information content (AvgIpc) is 3.56. The Morgan fingerprint density at radius 3 is 2.56 bits per heavy atom. The Balaban J connectivity index is 1.54. The Morgan fingerprint density at radius 2 is 1.85 bits per heavy atom. The second-order valence-electron chi connectivity index (χ2n) is 9.00. The molecular formula is C26H24N12O. The minimum atomic E-state index is -0.492. The van der Waals surface area contributed by atoms with Gasteiger partial charge in [-0.1, -0.05) is 30.3 Å². The first-order valence-corrected chi connectivity index (χ1v) is 12.1. The number of benzene rings is 2. The van der Waals surface area contributed by atoms with Crippen LogP contribution in [0.5, 0.6) is 0 Å². The molecule has 0 aliphatic carbocycles. The van der Waals surface area contributed by atoms with E-state index < -0.39 is 6.04 Å². The Bertz CT molecular complexity index is 1870. The molecule has 0 aliphatic rings. The van der Waals surface area contributed by atoms with E-state index in [1.165, 1.54) is 11.1 Å². The number of aromatic nitrogens is 10. The third-order valence-corrected chi connectivity index (χ3v) is 6.30. The first-order valence-electron chi connectivity index (χ1n) is 12.1. The van der Waals surface area contributed by atoms with Crippen LogP contribution in [0, 0.1) is 0 Å². The van der Waals surface area contributed by atoms with Crippen molar-refractivity contribution in [3.63, 3.8) is 0 Å². The number of para-hydroxylation sites is 1. The van der Waals surface area contributed by atoms with Gasteiger partial charge in [0.2, 0.25) is 5.82 Å². The number of fused-ring (bicyclic) bond motifs is 1. The summed E-state index contributed by atoms with van der Waals surface area (Å²) in [7, 11) is 3.49. The number of nitrogen functional groups attached to an aromatic ring is 1. The predicted molar refractivity (Wildman–Crippen MR) is 146 cm³/mol. The smallest absolute Gasteiger partial charge is 0.266 e. The van der Waals surface area contributed by atoms with Crippen LogP contribution in [0.4, 0.5) is 11.6 Å². The van der Waals surface area contributed by atoms with E-state index in [0.717, 1.165) is 11.1 Å². The molecule has 0 amide bonds. The summed E-state index contributed by atoms with van der Waals surface area (Å²) in [5.74, 6) is 1.34. The zero-order valence-electron chi connectivity index (χ0n) is 21.4. The average molecular weight is 521 g/mol. The van der Waals surface area contributed by atoms with Crippen molar-refractivity contribution in [2.75, 3.05) is 11.1 Å². The fraction of sp³-hybridized carbons (Fsp3) is 0.154. The Labute approximate surface area is 222 Å². The summed E-state index contributed by atoms with van der Waals surface area (Å²) in [6.45, 7) is 1.89. The number of nitrogens with one attached hydrogen (secondary N) is 1. The molecule has 4 heterocycles. The molecule has 4 aromatic heterocycles. The molecule has 6 aromatic rings. The van der Waals surface area contributed by atoms with Crippen molar-refractivity contribution in [1.29, 1.82) is 0 Å². The first-order chi connectivity index (χ1) is 18.9. The lowest BCUT2D eigenvalue weighted by molar-refractivity contribution is 0.630. The zero-order valence-corrected chi connectivity index (χ0v) is 21.4. The molecule has 2 aromatic carbocycles. The summed E-state index contributed by atoms with van der Waals surface area (Å²) in [5.41, 5.74) is 9.23. The monoisotopic (exact) mass is 520 g/mol. The van der Waals surface area contributed by atoms with E-state index in [-0.39, 0.29) is 17.2 Å². The fourth-order valence-electron chi connectivity index (χ4n) is 4.55. The largest absolute Gasteiger partial charge is 0.383 e. The molecular weight excluding hydrogens is 496 g/mol. The Kier molecular flexibility index (Phi) is 5.79. The molecule has 0 bridgehead atoms. The van der Waals surface area contributed by atoms with Gasteiger partial charge in [0.15, 0.2) is 0 Å². The molecule has 194 valence electrons. The molecule has 6 rings (SSSR count). The van der Waals surface area contributed by atoms with Crippen LogP contribution < -0.4 is 16.6 Å². The normalized spacial score (nSPS) is 12.1. The lowest BCUT2D eigenvalue weighted by atomic mass is 10.0. The summed E-state index contributed by atoms with van der Waals surface area (Å²) in [6.07, 6.45) is 4.96. The summed E-state index contributed by atoms with van der Waals surface area (Å²) in [4.78, 5) is 29.0. The summed E-state index contributed by atoms with van der Waals surface area (Å²) < 4.78 is 3.32. The van der Waals surface area contributed by atoms with Crippen molar-refractivity contribution < 1.29 is 0 Å². The van der Waals surface area contributed by atoms with Gasteiger partial charge in [0.25, 0.3) is 5.56 Å². The molecule has 0 saturated heterocycles. The SMILES string of the molecule is C[C@H](Nc1ncnc(N)c1-c1nnn(C)n1)c1nc2cccc(-c3cnn(C)c3)c2c(=O)n1-c1ccccc1. The van der Waals surface area contributed by atoms with Crippen molar-refractivity contribution in [2.24, 2.45) is 14.1 Å². The van der Waals surface area contributed by atoms with Crippen LogP contribution in [0.25, 0.3) is 39.1 Å². The molecule has 13 nitrogen and oxygen atoms in total. The van der Waals surface area contributed by atoms with E-state index in [0.29, 0.717) is 33.8 Å². The van der Waals surface area contributed by atoms with Gasteiger partial charge in [0, 0.05) is 18.8 Å². The number of rotatable bonds is 6. The van der Waals surface area contributed by atoms with Crippen molar-refractivity contribution in [2.45, 2.75) is 13.0 Å². The van der Waals surface area contributed by atoms with Gasteiger partial charge in [0.1, 0.15) is 29.4 Å². The third-order valence-electron chi connectivity index (χ3n) is 6.30. The molecule has 0 fully saturated rings. The summed E-state index contributed by atoms with van der Waals surface area (Å²) >= 11 is 0. The van der Waals surface area contributed by atoms with Crippen LogP contribution in [-0.4, -0.2) is 49.5 Å². The Hall–Kier alpha value is -5.46. The minimum absolute atomic E-state index is 0.195. The number of hydrogen-bond donors (Lipinski definition) is 2. The second-order valence-corrected chi connectivity index (χ2v) is 9.00. The van der Waals surface area contributed by atoms with Gasteiger partial charge in [-0.3, -0.25) is 14.0 Å². The van der Waals surface area contributed by atoms with Crippen molar-refractivity contribution in [3.8, 4) is 28.2 Å². The Morgan fingerprint density at radius 1 is 1.03 bits per heavy atom. The summed E-state index contributed by atoms with van der Waals surface area (Å²) in [6, 6.07) is 14.5. The fourth-order valence-corrected chi connectivity index (χ4v) is 4.55. The van der Waals surface area contributed by atoms with Crippen molar-refractivity contribution >= 4 is 22.5 Å². The number of aryl methyl sites for hydroxylation is 2. The summed E-state index contributed by atoms with van der Waals surface area (Å²) in [5, 5.41) is 20.4. The standard InChI is InChI=1S/C26H24N12O/c1-15(31-23-21(22(27)28-14-29-23)24-33-35-37(3)34-24)25-32-19-11-7-10-18(16-12-30-36(2)13-16)20(19)26(39)38(25)17-8-5-4-6-9-17/h4-15H,1-3H3,(H3,27,28,29,31)/t15-/m0/s1. The zero-order chi connectivity index (χ0) is 27.1. The van der Waals surface area contributed by atoms with Crippen molar-refractivity contribution in [3.05, 3.63) is 83.4 Å². The molecule has 1 atom stereocenters. The van der Waals surface area contributed by atoms with Crippen LogP contribution in [-0.2, 0) is 14.1 Å². The lowest BCUT2D eigenvalue weighted by Crippen LogP contribution is -2.28. The third kappa shape index (κ3) is 4.25. The van der Waals surface area contributed by atoms with Crippen LogP contribution in [0.2, 0.25) is 0 Å².